The largest absolute Gasteiger partial charge is 0.375 e. The van der Waals surface area contributed by atoms with Crippen LogP contribution in [-0.4, -0.2) is 41.7 Å². The Morgan fingerprint density at radius 3 is 2.90 bits per heavy atom. The molecule has 0 atom stereocenters. The molecule has 1 heterocycles. The van der Waals surface area contributed by atoms with Crippen LogP contribution >= 0.6 is 11.6 Å². The van der Waals surface area contributed by atoms with Crippen molar-refractivity contribution in [3.63, 3.8) is 0 Å². The van der Waals surface area contributed by atoms with Crippen LogP contribution in [0.3, 0.4) is 0 Å². The maximum Gasteiger partial charge on any atom is 0.248 e. The van der Waals surface area contributed by atoms with E-state index in [1.807, 2.05) is 12.1 Å². The molecule has 7 heteroatoms. The van der Waals surface area contributed by atoms with Crippen LogP contribution in [-0.2, 0) is 16.1 Å². The predicted octanol–water partition coefficient (Wildman–Crippen LogP) is 1.99. The van der Waals surface area contributed by atoms with Crippen LogP contribution in [0.2, 0.25) is 5.02 Å². The molecule has 0 N–H and O–H groups in total. The van der Waals surface area contributed by atoms with Crippen molar-refractivity contribution >= 4 is 17.5 Å². The summed E-state index contributed by atoms with van der Waals surface area (Å²) >= 11 is 6.06. The van der Waals surface area contributed by atoms with Gasteiger partial charge in [0.2, 0.25) is 17.6 Å². The van der Waals surface area contributed by atoms with Gasteiger partial charge in [-0.05, 0) is 12.1 Å². The van der Waals surface area contributed by atoms with Gasteiger partial charge in [-0.2, -0.15) is 4.98 Å². The monoisotopic (exact) mass is 295 g/mol. The van der Waals surface area contributed by atoms with Gasteiger partial charge in [-0.15, -0.1) is 0 Å². The highest BCUT2D eigenvalue weighted by Gasteiger charge is 2.15. The second-order valence-corrected chi connectivity index (χ2v) is 4.58. The number of carbonyl (C=O) groups is 1. The van der Waals surface area contributed by atoms with Crippen LogP contribution in [0.1, 0.15) is 5.89 Å². The molecule has 2 rings (SSSR count). The first-order chi connectivity index (χ1) is 9.61. The summed E-state index contributed by atoms with van der Waals surface area (Å²) in [5.41, 5.74) is 0.690. The van der Waals surface area contributed by atoms with Crippen LogP contribution in [0.25, 0.3) is 11.4 Å². The van der Waals surface area contributed by atoms with Gasteiger partial charge in [-0.25, -0.2) is 0 Å². The predicted molar refractivity (Wildman–Crippen MR) is 73.1 cm³/mol. The molecule has 1 aromatic carbocycles. The number of carbonyl (C=O) groups excluding carboxylic acids is 1. The van der Waals surface area contributed by atoms with Crippen LogP contribution in [0.15, 0.2) is 28.8 Å². The van der Waals surface area contributed by atoms with Gasteiger partial charge in [0.05, 0.1) is 11.6 Å². The maximum atomic E-state index is 11.6. The Balaban J connectivity index is 2.10. The number of nitrogens with zero attached hydrogens (tertiary/aromatic N) is 3. The standard InChI is InChI=1S/C13H14ClN3O3/c1-17(12(18)8-19-2)7-11-15-13(16-20-11)9-5-3-4-6-10(9)14/h3-6H,7-8H2,1-2H3. The van der Waals surface area contributed by atoms with Crippen LogP contribution in [0.4, 0.5) is 0 Å². The molecule has 0 aliphatic rings. The van der Waals surface area contributed by atoms with Gasteiger partial charge in [-0.1, -0.05) is 28.9 Å². The van der Waals surface area contributed by atoms with Crippen molar-refractivity contribution in [3.05, 3.63) is 35.2 Å². The molecular formula is C13H14ClN3O3. The van der Waals surface area contributed by atoms with Gasteiger partial charge in [-0.3, -0.25) is 4.79 Å². The van der Waals surface area contributed by atoms with E-state index in [9.17, 15) is 4.79 Å². The lowest BCUT2D eigenvalue weighted by atomic mass is 10.2. The zero-order valence-electron chi connectivity index (χ0n) is 11.2. The van der Waals surface area contributed by atoms with Crippen molar-refractivity contribution in [1.82, 2.24) is 15.0 Å². The highest BCUT2D eigenvalue weighted by Crippen LogP contribution is 2.24. The van der Waals surface area contributed by atoms with Gasteiger partial charge in [0.1, 0.15) is 6.61 Å². The lowest BCUT2D eigenvalue weighted by Crippen LogP contribution is -2.29. The van der Waals surface area contributed by atoms with Gasteiger partial charge in [0.25, 0.3) is 0 Å². The van der Waals surface area contributed by atoms with Crippen molar-refractivity contribution in [2.24, 2.45) is 0 Å². The summed E-state index contributed by atoms with van der Waals surface area (Å²) < 4.78 is 9.90. The summed E-state index contributed by atoms with van der Waals surface area (Å²) in [6.45, 7) is 0.238. The average Bonchev–Trinajstić information content (AvgIpc) is 2.87. The van der Waals surface area contributed by atoms with Crippen LogP contribution in [0.5, 0.6) is 0 Å². The zero-order valence-corrected chi connectivity index (χ0v) is 11.9. The van der Waals surface area contributed by atoms with E-state index in [2.05, 4.69) is 10.1 Å². The number of rotatable bonds is 5. The Bertz CT molecular complexity index is 600. The van der Waals surface area contributed by atoms with E-state index in [1.54, 1.807) is 19.2 Å². The summed E-state index contributed by atoms with van der Waals surface area (Å²) in [7, 11) is 3.11. The number of hydrogen-bond acceptors (Lipinski definition) is 5. The fourth-order valence-corrected chi connectivity index (χ4v) is 1.82. The molecule has 0 aliphatic heterocycles. The summed E-state index contributed by atoms with van der Waals surface area (Å²) in [5, 5.41) is 4.41. The molecule has 0 radical (unpaired) electrons. The summed E-state index contributed by atoms with van der Waals surface area (Å²) in [4.78, 5) is 17.2. The molecule has 106 valence electrons. The third kappa shape index (κ3) is 3.34. The van der Waals surface area contributed by atoms with E-state index in [-0.39, 0.29) is 19.1 Å². The molecular weight excluding hydrogens is 282 g/mol. The Hall–Kier alpha value is -1.92. The molecule has 0 aliphatic carbocycles. The minimum Gasteiger partial charge on any atom is -0.375 e. The molecule has 20 heavy (non-hydrogen) atoms. The lowest BCUT2D eigenvalue weighted by molar-refractivity contribution is -0.134. The van der Waals surface area contributed by atoms with Gasteiger partial charge < -0.3 is 14.2 Å². The number of amides is 1. The third-order valence-electron chi connectivity index (χ3n) is 2.65. The highest BCUT2D eigenvalue weighted by molar-refractivity contribution is 6.33. The normalized spacial score (nSPS) is 10.6. The minimum atomic E-state index is -0.162. The molecule has 1 aromatic heterocycles. The van der Waals surface area contributed by atoms with Crippen LogP contribution in [0, 0.1) is 0 Å². The maximum absolute atomic E-state index is 11.6. The van der Waals surface area contributed by atoms with E-state index in [1.165, 1.54) is 12.0 Å². The van der Waals surface area contributed by atoms with Gasteiger partial charge in [0, 0.05) is 19.7 Å². The first kappa shape index (κ1) is 14.5. The van der Waals surface area contributed by atoms with Crippen molar-refractivity contribution in [3.8, 4) is 11.4 Å². The summed E-state index contributed by atoms with van der Waals surface area (Å²) in [6, 6.07) is 7.22. The number of methoxy groups -OCH3 is 1. The van der Waals surface area contributed by atoms with Crippen molar-refractivity contribution in [2.75, 3.05) is 20.8 Å². The highest BCUT2D eigenvalue weighted by atomic mass is 35.5. The molecule has 6 nitrogen and oxygen atoms in total. The number of hydrogen-bond donors (Lipinski definition) is 0. The first-order valence-corrected chi connectivity index (χ1v) is 6.30. The van der Waals surface area contributed by atoms with E-state index in [0.717, 1.165) is 0 Å². The Labute approximate surface area is 121 Å². The lowest BCUT2D eigenvalue weighted by Gasteiger charge is -2.13. The van der Waals surface area contributed by atoms with E-state index in [0.29, 0.717) is 22.3 Å². The van der Waals surface area contributed by atoms with Gasteiger partial charge in [0.15, 0.2) is 0 Å². The van der Waals surface area contributed by atoms with E-state index in [4.69, 9.17) is 20.9 Å². The smallest absolute Gasteiger partial charge is 0.248 e. The second kappa shape index (κ2) is 6.49. The van der Waals surface area contributed by atoms with Gasteiger partial charge >= 0.3 is 0 Å². The molecule has 0 bridgehead atoms. The van der Waals surface area contributed by atoms with E-state index < -0.39 is 0 Å². The number of benzene rings is 1. The summed E-state index contributed by atoms with van der Waals surface area (Å²) in [6.07, 6.45) is 0. The van der Waals surface area contributed by atoms with Crippen molar-refractivity contribution in [1.29, 1.82) is 0 Å². The number of ether oxygens (including phenoxy) is 1. The second-order valence-electron chi connectivity index (χ2n) is 4.17. The fourth-order valence-electron chi connectivity index (χ4n) is 1.60. The topological polar surface area (TPSA) is 68.5 Å². The van der Waals surface area contributed by atoms with E-state index >= 15 is 0 Å². The fraction of sp³-hybridized carbons (Fsp3) is 0.308. The van der Waals surface area contributed by atoms with Crippen molar-refractivity contribution in [2.45, 2.75) is 6.54 Å². The molecule has 0 saturated carbocycles. The third-order valence-corrected chi connectivity index (χ3v) is 2.98. The Morgan fingerprint density at radius 1 is 1.45 bits per heavy atom. The zero-order chi connectivity index (χ0) is 14.5. The quantitative estimate of drug-likeness (QED) is 0.844. The molecule has 0 spiro atoms. The first-order valence-electron chi connectivity index (χ1n) is 5.92. The Morgan fingerprint density at radius 2 is 2.20 bits per heavy atom. The molecule has 0 fully saturated rings. The van der Waals surface area contributed by atoms with Crippen LogP contribution < -0.4 is 0 Å². The summed E-state index contributed by atoms with van der Waals surface area (Å²) in [5.74, 6) is 0.579. The molecule has 0 saturated heterocycles. The molecule has 0 unspecified atom stereocenters. The van der Waals surface area contributed by atoms with Crippen molar-refractivity contribution < 1.29 is 14.1 Å². The SMILES string of the molecule is COCC(=O)N(C)Cc1nc(-c2ccccc2Cl)no1. The molecule has 2 aromatic rings. The number of likely N-dealkylation sites (N-methyl/N-ethyl adjacent to an activating group) is 1. The average molecular weight is 296 g/mol. The minimum absolute atomic E-state index is 0.0159. The molecule has 1 amide bonds. The Kier molecular flexibility index (Phi) is 4.70. The number of halogens is 1. The number of aromatic nitrogens is 2.